The number of hydrogen-bond acceptors (Lipinski definition) is 3. The molecule has 2 aliphatic rings. The van der Waals surface area contributed by atoms with Crippen LogP contribution < -0.4 is 4.90 Å². The van der Waals surface area contributed by atoms with E-state index in [9.17, 15) is 14.9 Å². The van der Waals surface area contributed by atoms with Gasteiger partial charge in [0.2, 0.25) is 5.91 Å². The number of anilines is 1. The van der Waals surface area contributed by atoms with Crippen molar-refractivity contribution in [2.24, 2.45) is 0 Å². The lowest BCUT2D eigenvalue weighted by atomic mass is 9.97. The summed E-state index contributed by atoms with van der Waals surface area (Å²) >= 11 is 0. The highest BCUT2D eigenvalue weighted by molar-refractivity contribution is 6.10. The highest BCUT2D eigenvalue weighted by atomic mass is 16.6. The molecule has 1 amide bonds. The minimum Gasteiger partial charge on any atom is -0.311 e. The molecular formula is C15H18N2O3. The number of hydrogen-bond donors (Lipinski definition) is 0. The Morgan fingerprint density at radius 1 is 1.35 bits per heavy atom. The summed E-state index contributed by atoms with van der Waals surface area (Å²) in [6.07, 6.45) is 4.84. The van der Waals surface area contributed by atoms with Gasteiger partial charge in [0.15, 0.2) is 0 Å². The number of carbonyl (C=O) groups is 1. The smallest absolute Gasteiger partial charge is 0.269 e. The number of nitro benzene ring substituents is 1. The van der Waals surface area contributed by atoms with Crippen LogP contribution in [-0.4, -0.2) is 17.4 Å². The first-order valence-corrected chi connectivity index (χ1v) is 7.21. The third-order valence-corrected chi connectivity index (χ3v) is 4.39. The molecule has 0 radical (unpaired) electrons. The van der Waals surface area contributed by atoms with Crippen molar-refractivity contribution >= 4 is 17.3 Å². The Kier molecular flexibility index (Phi) is 3.00. The molecule has 1 spiro atoms. The SMILES string of the molecule is CCCCCN1C(=O)C2(CC2)c2cc([N+](=O)[O-])ccc21. The molecule has 1 aromatic rings. The Labute approximate surface area is 117 Å². The van der Waals surface area contributed by atoms with Gasteiger partial charge >= 0.3 is 0 Å². The van der Waals surface area contributed by atoms with Gasteiger partial charge in [0.05, 0.1) is 10.3 Å². The molecule has 1 saturated carbocycles. The fourth-order valence-corrected chi connectivity index (χ4v) is 3.09. The fourth-order valence-electron chi connectivity index (χ4n) is 3.09. The molecule has 3 rings (SSSR count). The van der Waals surface area contributed by atoms with Crippen LogP contribution in [-0.2, 0) is 10.2 Å². The van der Waals surface area contributed by atoms with Crippen molar-refractivity contribution in [3.8, 4) is 0 Å². The third-order valence-electron chi connectivity index (χ3n) is 4.39. The van der Waals surface area contributed by atoms with Crippen molar-refractivity contribution in [3.05, 3.63) is 33.9 Å². The second-order valence-corrected chi connectivity index (χ2v) is 5.70. The molecule has 0 atom stereocenters. The first-order valence-electron chi connectivity index (χ1n) is 7.21. The monoisotopic (exact) mass is 274 g/mol. The lowest BCUT2D eigenvalue weighted by molar-refractivity contribution is -0.384. The topological polar surface area (TPSA) is 63.5 Å². The Balaban J connectivity index is 1.95. The zero-order valence-corrected chi connectivity index (χ0v) is 11.6. The molecule has 5 heteroatoms. The van der Waals surface area contributed by atoms with Crippen LogP contribution in [0.4, 0.5) is 11.4 Å². The number of nitrogens with zero attached hydrogens (tertiary/aromatic N) is 2. The summed E-state index contributed by atoms with van der Waals surface area (Å²) in [4.78, 5) is 24.9. The Morgan fingerprint density at radius 2 is 2.10 bits per heavy atom. The Bertz CT molecular complexity index is 578. The second-order valence-electron chi connectivity index (χ2n) is 5.70. The van der Waals surface area contributed by atoms with Crippen molar-refractivity contribution < 1.29 is 9.72 Å². The van der Waals surface area contributed by atoms with Crippen LogP contribution in [0, 0.1) is 10.1 Å². The molecule has 20 heavy (non-hydrogen) atoms. The average molecular weight is 274 g/mol. The maximum absolute atomic E-state index is 12.6. The molecule has 0 aromatic heterocycles. The quantitative estimate of drug-likeness (QED) is 0.470. The van der Waals surface area contributed by atoms with Crippen molar-refractivity contribution in [1.82, 2.24) is 0 Å². The molecule has 1 heterocycles. The summed E-state index contributed by atoms with van der Waals surface area (Å²) in [6, 6.07) is 4.84. The first-order chi connectivity index (χ1) is 9.60. The van der Waals surface area contributed by atoms with Gasteiger partial charge in [-0.2, -0.15) is 0 Å². The number of fused-ring (bicyclic) bond motifs is 2. The van der Waals surface area contributed by atoms with E-state index < -0.39 is 5.41 Å². The average Bonchev–Trinajstić information content (AvgIpc) is 3.20. The molecule has 0 saturated heterocycles. The number of rotatable bonds is 5. The molecule has 1 fully saturated rings. The van der Waals surface area contributed by atoms with Crippen LogP contribution in [0.5, 0.6) is 0 Å². The summed E-state index contributed by atoms with van der Waals surface area (Å²) in [5, 5.41) is 10.9. The lowest BCUT2D eigenvalue weighted by Crippen LogP contribution is -2.32. The highest BCUT2D eigenvalue weighted by Gasteiger charge is 2.59. The van der Waals surface area contributed by atoms with E-state index in [2.05, 4.69) is 6.92 Å². The number of carbonyl (C=O) groups excluding carboxylic acids is 1. The van der Waals surface area contributed by atoms with Crippen LogP contribution in [0.25, 0.3) is 0 Å². The van der Waals surface area contributed by atoms with Crippen molar-refractivity contribution in [3.63, 3.8) is 0 Å². The molecular weight excluding hydrogens is 256 g/mol. The molecule has 106 valence electrons. The highest BCUT2D eigenvalue weighted by Crippen LogP contribution is 2.57. The molecule has 0 N–H and O–H groups in total. The fraction of sp³-hybridized carbons (Fsp3) is 0.533. The van der Waals surface area contributed by atoms with Gasteiger partial charge in [0.1, 0.15) is 0 Å². The number of amides is 1. The maximum atomic E-state index is 12.6. The predicted octanol–water partition coefficient (Wildman–Crippen LogP) is 3.16. The summed E-state index contributed by atoms with van der Waals surface area (Å²) in [5.74, 6) is 0.143. The molecule has 1 aliphatic carbocycles. The second kappa shape index (κ2) is 4.58. The van der Waals surface area contributed by atoms with Gasteiger partial charge in [0, 0.05) is 24.4 Å². The largest absolute Gasteiger partial charge is 0.311 e. The van der Waals surface area contributed by atoms with E-state index in [0.717, 1.165) is 49.9 Å². The van der Waals surface area contributed by atoms with Gasteiger partial charge in [0.25, 0.3) is 5.69 Å². The molecule has 0 unspecified atom stereocenters. The van der Waals surface area contributed by atoms with Gasteiger partial charge in [-0.3, -0.25) is 14.9 Å². The van der Waals surface area contributed by atoms with Gasteiger partial charge < -0.3 is 4.90 Å². The van der Waals surface area contributed by atoms with Crippen molar-refractivity contribution in [1.29, 1.82) is 0 Å². The van der Waals surface area contributed by atoms with E-state index in [-0.39, 0.29) is 16.5 Å². The number of nitro groups is 1. The molecule has 1 aliphatic heterocycles. The Hall–Kier alpha value is -1.91. The first kappa shape index (κ1) is 13.1. The van der Waals surface area contributed by atoms with E-state index in [1.165, 1.54) is 6.07 Å². The minimum atomic E-state index is -0.437. The minimum absolute atomic E-state index is 0.0817. The van der Waals surface area contributed by atoms with Crippen LogP contribution in [0.1, 0.15) is 44.6 Å². The number of benzene rings is 1. The summed E-state index contributed by atoms with van der Waals surface area (Å²) in [7, 11) is 0. The van der Waals surface area contributed by atoms with Crippen LogP contribution in [0.15, 0.2) is 18.2 Å². The zero-order valence-electron chi connectivity index (χ0n) is 11.6. The third kappa shape index (κ3) is 1.80. The van der Waals surface area contributed by atoms with Gasteiger partial charge in [-0.1, -0.05) is 19.8 Å². The summed E-state index contributed by atoms with van der Waals surface area (Å²) in [5.41, 5.74) is 1.40. The van der Waals surface area contributed by atoms with E-state index in [1.807, 2.05) is 4.90 Å². The van der Waals surface area contributed by atoms with Gasteiger partial charge in [-0.15, -0.1) is 0 Å². The van der Waals surface area contributed by atoms with Crippen LogP contribution in [0.2, 0.25) is 0 Å². The molecule has 0 bridgehead atoms. The molecule has 1 aromatic carbocycles. The number of non-ortho nitro benzene ring substituents is 1. The van der Waals surface area contributed by atoms with Crippen LogP contribution in [0.3, 0.4) is 0 Å². The van der Waals surface area contributed by atoms with E-state index in [4.69, 9.17) is 0 Å². The van der Waals surface area contributed by atoms with Crippen molar-refractivity contribution in [2.75, 3.05) is 11.4 Å². The van der Waals surface area contributed by atoms with Crippen LogP contribution >= 0.6 is 0 Å². The van der Waals surface area contributed by atoms with E-state index in [0.29, 0.717) is 0 Å². The predicted molar refractivity (Wildman–Crippen MR) is 75.9 cm³/mol. The lowest BCUT2D eigenvalue weighted by Gasteiger charge is -2.17. The Morgan fingerprint density at radius 3 is 2.70 bits per heavy atom. The maximum Gasteiger partial charge on any atom is 0.269 e. The van der Waals surface area contributed by atoms with E-state index in [1.54, 1.807) is 12.1 Å². The van der Waals surface area contributed by atoms with Crippen molar-refractivity contribution in [2.45, 2.75) is 44.4 Å². The summed E-state index contributed by atoms with van der Waals surface area (Å²) in [6.45, 7) is 2.85. The van der Waals surface area contributed by atoms with E-state index >= 15 is 0 Å². The number of unbranched alkanes of at least 4 members (excludes halogenated alkanes) is 2. The summed E-state index contributed by atoms with van der Waals surface area (Å²) < 4.78 is 0. The van der Waals surface area contributed by atoms with Gasteiger partial charge in [-0.05, 0) is 30.9 Å². The normalized spacial score (nSPS) is 18.4. The molecule has 5 nitrogen and oxygen atoms in total. The zero-order chi connectivity index (χ0) is 14.3. The standard InChI is InChI=1S/C15H18N2O3/c1-2-3-4-9-16-13-6-5-11(17(19)20)10-12(13)15(7-8-15)14(16)18/h5-6,10H,2-4,7-9H2,1H3. The van der Waals surface area contributed by atoms with Gasteiger partial charge in [-0.25, -0.2) is 0 Å².